The highest BCUT2D eigenvalue weighted by molar-refractivity contribution is 7.14. The van der Waals surface area contributed by atoms with Gasteiger partial charge in [0, 0.05) is 13.6 Å². The number of amides is 3. The number of rotatable bonds is 3. The Labute approximate surface area is 145 Å². The topological polar surface area (TPSA) is 61.4 Å². The van der Waals surface area contributed by atoms with Crippen molar-refractivity contribution in [2.45, 2.75) is 25.3 Å². The number of benzene rings is 1. The quantitative estimate of drug-likeness (QED) is 0.893. The molecule has 126 valence electrons. The van der Waals surface area contributed by atoms with Crippen LogP contribution in [0, 0.1) is 0 Å². The lowest BCUT2D eigenvalue weighted by Crippen LogP contribution is -2.45. The van der Waals surface area contributed by atoms with Crippen LogP contribution in [0.1, 0.15) is 35.7 Å². The first-order valence-electron chi connectivity index (χ1n) is 8.00. The molecule has 1 saturated heterocycles. The number of hydrogen-bond acceptors (Lipinski definition) is 3. The summed E-state index contributed by atoms with van der Waals surface area (Å²) in [4.78, 5) is 26.6. The number of likely N-dealkylation sites (tertiary alicyclic amines) is 1. The van der Waals surface area contributed by atoms with Gasteiger partial charge < -0.3 is 10.2 Å². The second-order valence-electron chi connectivity index (χ2n) is 6.07. The fraction of sp³-hybridized carbons (Fsp3) is 0.333. The summed E-state index contributed by atoms with van der Waals surface area (Å²) in [6.45, 7) is 2.81. The lowest BCUT2D eigenvalue weighted by molar-refractivity contribution is 0.0964. The van der Waals surface area contributed by atoms with Crippen molar-refractivity contribution in [2.75, 3.05) is 18.9 Å². The molecule has 0 bridgehead atoms. The maximum absolute atomic E-state index is 12.9. The Morgan fingerprint density at radius 1 is 1.21 bits per heavy atom. The molecular weight excluding hydrogens is 322 g/mol. The van der Waals surface area contributed by atoms with Crippen LogP contribution in [-0.4, -0.2) is 30.4 Å². The van der Waals surface area contributed by atoms with E-state index < -0.39 is 0 Å². The third-order valence-corrected chi connectivity index (χ3v) is 5.47. The van der Waals surface area contributed by atoms with E-state index in [-0.39, 0.29) is 17.5 Å². The Bertz CT molecular complexity index is 744. The first-order chi connectivity index (χ1) is 11.6. The highest BCUT2D eigenvalue weighted by Crippen LogP contribution is 2.39. The number of hydrogen-bond donors (Lipinski definition) is 2. The molecule has 6 heteroatoms. The molecule has 0 saturated carbocycles. The molecule has 24 heavy (non-hydrogen) atoms. The number of urea groups is 1. The van der Waals surface area contributed by atoms with E-state index >= 15 is 0 Å². The summed E-state index contributed by atoms with van der Waals surface area (Å²) in [5, 5.41) is 7.90. The number of nitrogens with one attached hydrogen (secondary N) is 2. The Morgan fingerprint density at radius 3 is 2.67 bits per heavy atom. The van der Waals surface area contributed by atoms with Gasteiger partial charge in [-0.25, -0.2) is 4.79 Å². The molecule has 1 aliphatic rings. The molecule has 0 spiro atoms. The van der Waals surface area contributed by atoms with Crippen molar-refractivity contribution in [3.05, 3.63) is 52.9 Å². The summed E-state index contributed by atoms with van der Waals surface area (Å²) in [5.74, 6) is -0.196. The van der Waals surface area contributed by atoms with Crippen LogP contribution in [0.4, 0.5) is 9.80 Å². The minimum atomic E-state index is -0.324. The minimum Gasteiger partial charge on any atom is -0.355 e. The van der Waals surface area contributed by atoms with Crippen LogP contribution in [0.25, 0.3) is 0 Å². The number of nitrogens with zero attached hydrogens (tertiary/aromatic N) is 1. The van der Waals surface area contributed by atoms with E-state index in [1.807, 2.05) is 23.1 Å². The van der Waals surface area contributed by atoms with Gasteiger partial charge in [0.25, 0.3) is 5.91 Å². The molecule has 0 radical (unpaired) electrons. The van der Waals surface area contributed by atoms with Gasteiger partial charge in [0.1, 0.15) is 5.00 Å². The van der Waals surface area contributed by atoms with Crippen LogP contribution < -0.4 is 10.6 Å². The fourth-order valence-electron chi connectivity index (χ4n) is 3.27. The van der Waals surface area contributed by atoms with Gasteiger partial charge in [-0.15, -0.1) is 11.3 Å². The van der Waals surface area contributed by atoms with E-state index in [9.17, 15) is 9.59 Å². The molecule has 2 heterocycles. The van der Waals surface area contributed by atoms with E-state index in [2.05, 4.69) is 29.7 Å². The first-order valence-corrected chi connectivity index (χ1v) is 8.88. The highest BCUT2D eigenvalue weighted by Gasteiger charge is 2.41. The fourth-order valence-corrected chi connectivity index (χ4v) is 4.04. The van der Waals surface area contributed by atoms with Crippen molar-refractivity contribution in [3.63, 3.8) is 0 Å². The molecule has 0 aliphatic carbocycles. The largest absolute Gasteiger partial charge is 0.355 e. The summed E-state index contributed by atoms with van der Waals surface area (Å²) in [7, 11) is 1.58. The van der Waals surface area contributed by atoms with E-state index in [1.54, 1.807) is 18.5 Å². The van der Waals surface area contributed by atoms with Crippen LogP contribution >= 0.6 is 11.3 Å². The predicted octanol–water partition coefficient (Wildman–Crippen LogP) is 3.65. The number of carbonyl (C=O) groups excluding carboxylic acids is 2. The molecule has 1 aromatic heterocycles. The van der Waals surface area contributed by atoms with Gasteiger partial charge in [-0.05, 0) is 36.8 Å². The second kappa shape index (κ2) is 6.65. The van der Waals surface area contributed by atoms with Gasteiger partial charge in [0.15, 0.2) is 0 Å². The zero-order valence-electron chi connectivity index (χ0n) is 13.8. The molecule has 3 rings (SSSR count). The first kappa shape index (κ1) is 16.5. The van der Waals surface area contributed by atoms with Gasteiger partial charge in [-0.2, -0.15) is 0 Å². The predicted molar refractivity (Wildman–Crippen MR) is 96.5 cm³/mol. The molecule has 3 amide bonds. The van der Waals surface area contributed by atoms with Crippen molar-refractivity contribution in [1.82, 2.24) is 10.2 Å². The van der Waals surface area contributed by atoms with Crippen LogP contribution in [0.5, 0.6) is 0 Å². The van der Waals surface area contributed by atoms with Crippen LogP contribution in [0.2, 0.25) is 0 Å². The van der Waals surface area contributed by atoms with Crippen molar-refractivity contribution in [2.24, 2.45) is 0 Å². The van der Waals surface area contributed by atoms with Crippen LogP contribution in [-0.2, 0) is 5.54 Å². The molecule has 1 aliphatic heterocycles. The Hall–Kier alpha value is -2.34. The summed E-state index contributed by atoms with van der Waals surface area (Å²) < 4.78 is 0. The maximum atomic E-state index is 12.9. The number of anilines is 1. The third-order valence-electron chi connectivity index (χ3n) is 4.64. The average Bonchev–Trinajstić information content (AvgIpc) is 3.22. The molecule has 1 aromatic carbocycles. The molecular formula is C18H21N3O2S. The zero-order valence-corrected chi connectivity index (χ0v) is 14.7. The lowest BCUT2D eigenvalue weighted by Gasteiger charge is -2.35. The zero-order chi connectivity index (χ0) is 17.2. The summed E-state index contributed by atoms with van der Waals surface area (Å²) in [6.07, 6.45) is 1.89. The van der Waals surface area contributed by atoms with Gasteiger partial charge in [0.05, 0.1) is 11.1 Å². The Kier molecular flexibility index (Phi) is 4.57. The Balaban J connectivity index is 1.82. The van der Waals surface area contributed by atoms with E-state index in [0.717, 1.165) is 18.4 Å². The number of thiophene rings is 1. The molecule has 1 unspecified atom stereocenters. The molecule has 1 atom stereocenters. The van der Waals surface area contributed by atoms with E-state index in [0.29, 0.717) is 17.1 Å². The number of carbonyl (C=O) groups is 2. The minimum absolute atomic E-state index is 0.161. The van der Waals surface area contributed by atoms with Crippen molar-refractivity contribution in [1.29, 1.82) is 0 Å². The van der Waals surface area contributed by atoms with Crippen LogP contribution in [0.15, 0.2) is 41.8 Å². The molecule has 1 fully saturated rings. The summed E-state index contributed by atoms with van der Waals surface area (Å²) >= 11 is 1.36. The normalized spacial score (nSPS) is 20.0. The van der Waals surface area contributed by atoms with Gasteiger partial charge in [-0.3, -0.25) is 10.1 Å². The van der Waals surface area contributed by atoms with Crippen molar-refractivity contribution < 1.29 is 9.59 Å². The Morgan fingerprint density at radius 2 is 1.96 bits per heavy atom. The molecule has 5 nitrogen and oxygen atoms in total. The molecule has 2 aromatic rings. The third kappa shape index (κ3) is 2.89. The van der Waals surface area contributed by atoms with Crippen molar-refractivity contribution >= 4 is 28.3 Å². The lowest BCUT2D eigenvalue weighted by atomic mass is 9.89. The maximum Gasteiger partial charge on any atom is 0.323 e. The van der Waals surface area contributed by atoms with E-state index in [4.69, 9.17) is 0 Å². The van der Waals surface area contributed by atoms with Gasteiger partial charge >= 0.3 is 6.03 Å². The molecule has 2 N–H and O–H groups in total. The summed E-state index contributed by atoms with van der Waals surface area (Å²) in [5.41, 5.74) is 1.31. The van der Waals surface area contributed by atoms with Gasteiger partial charge in [-0.1, -0.05) is 30.3 Å². The summed E-state index contributed by atoms with van der Waals surface area (Å²) in [6, 6.07) is 11.7. The van der Waals surface area contributed by atoms with Gasteiger partial charge in [0.2, 0.25) is 0 Å². The van der Waals surface area contributed by atoms with E-state index in [1.165, 1.54) is 11.3 Å². The smallest absolute Gasteiger partial charge is 0.323 e. The van der Waals surface area contributed by atoms with Crippen molar-refractivity contribution in [3.8, 4) is 0 Å². The standard InChI is InChI=1S/C18H21N3O2S/c1-18(13-7-4-3-5-8-13)10-6-11-21(18)17(23)20-16-14(9-12-24-16)15(22)19-2/h3-5,7-9,12H,6,10-11H2,1-2H3,(H,19,22)(H,20,23). The second-order valence-corrected chi connectivity index (χ2v) is 6.98. The monoisotopic (exact) mass is 343 g/mol. The SMILES string of the molecule is CNC(=O)c1ccsc1NC(=O)N1CCCC1(C)c1ccccc1. The highest BCUT2D eigenvalue weighted by atomic mass is 32.1. The average molecular weight is 343 g/mol. The van der Waals surface area contributed by atoms with Crippen LogP contribution in [0.3, 0.4) is 0 Å².